The number of methoxy groups -OCH3 is 1. The van der Waals surface area contributed by atoms with Gasteiger partial charge < -0.3 is 9.64 Å². The van der Waals surface area contributed by atoms with E-state index in [1.165, 1.54) is 25.8 Å². The number of halogens is 1. The molecule has 0 bridgehead atoms. The van der Waals surface area contributed by atoms with Gasteiger partial charge in [0.1, 0.15) is 11.5 Å². The molecular formula is C21H32ClN3O2. The molecule has 2 fully saturated rings. The number of anilines is 1. The number of carbonyl (C=O) groups is 1. The molecule has 0 atom stereocenters. The van der Waals surface area contributed by atoms with Gasteiger partial charge in [0.05, 0.1) is 24.4 Å². The van der Waals surface area contributed by atoms with Gasteiger partial charge in [-0.1, -0.05) is 11.6 Å². The molecule has 1 aromatic rings. The van der Waals surface area contributed by atoms with Crippen LogP contribution in [-0.4, -0.2) is 75.1 Å². The van der Waals surface area contributed by atoms with Crippen LogP contribution in [-0.2, 0) is 4.79 Å². The van der Waals surface area contributed by atoms with Crippen LogP contribution in [0.4, 0.5) is 5.69 Å². The Bertz CT molecular complexity index is 624. The molecule has 0 N–H and O–H groups in total. The van der Waals surface area contributed by atoms with Gasteiger partial charge in [0.15, 0.2) is 0 Å². The van der Waals surface area contributed by atoms with E-state index < -0.39 is 0 Å². The summed E-state index contributed by atoms with van der Waals surface area (Å²) in [4.78, 5) is 18.5. The van der Waals surface area contributed by atoms with Crippen LogP contribution in [0.2, 0.25) is 5.02 Å². The molecule has 2 saturated heterocycles. The number of Topliss-reactive ketones (excluding diaryl/α,β-unsaturated/α-hetero) is 1. The van der Waals surface area contributed by atoms with E-state index in [4.69, 9.17) is 16.3 Å². The third-order valence-corrected chi connectivity index (χ3v) is 6.19. The number of piperidine rings is 1. The second-order valence-electron chi connectivity index (χ2n) is 7.86. The van der Waals surface area contributed by atoms with Crippen LogP contribution in [0.5, 0.6) is 5.75 Å². The van der Waals surface area contributed by atoms with E-state index in [0.717, 1.165) is 61.6 Å². The zero-order valence-electron chi connectivity index (χ0n) is 16.6. The molecule has 2 aliphatic rings. The summed E-state index contributed by atoms with van der Waals surface area (Å²) in [6.45, 7) is 9.81. The van der Waals surface area contributed by atoms with Crippen LogP contribution in [0.25, 0.3) is 0 Å². The van der Waals surface area contributed by atoms with E-state index >= 15 is 0 Å². The van der Waals surface area contributed by atoms with Gasteiger partial charge in [-0.3, -0.25) is 14.6 Å². The first-order valence-corrected chi connectivity index (χ1v) is 10.5. The van der Waals surface area contributed by atoms with Crippen molar-refractivity contribution >= 4 is 23.1 Å². The van der Waals surface area contributed by atoms with Crippen LogP contribution in [0, 0.1) is 5.92 Å². The predicted molar refractivity (Wildman–Crippen MR) is 111 cm³/mol. The highest BCUT2D eigenvalue weighted by Gasteiger charge is 2.23. The predicted octanol–water partition coefficient (Wildman–Crippen LogP) is 3.16. The monoisotopic (exact) mass is 393 g/mol. The highest BCUT2D eigenvalue weighted by Crippen LogP contribution is 2.31. The van der Waals surface area contributed by atoms with Crippen molar-refractivity contribution in [3.63, 3.8) is 0 Å². The first-order valence-electron chi connectivity index (χ1n) is 10.1. The summed E-state index contributed by atoms with van der Waals surface area (Å²) >= 11 is 6.39. The second kappa shape index (κ2) is 9.76. The fourth-order valence-electron chi connectivity index (χ4n) is 4.19. The molecule has 1 aromatic carbocycles. The third-order valence-electron chi connectivity index (χ3n) is 5.87. The number of rotatable bonds is 7. The summed E-state index contributed by atoms with van der Waals surface area (Å²) in [5.74, 6) is 1.94. The van der Waals surface area contributed by atoms with E-state index in [-0.39, 0.29) is 5.78 Å². The first-order chi connectivity index (χ1) is 13.0. The highest BCUT2D eigenvalue weighted by atomic mass is 35.5. The van der Waals surface area contributed by atoms with Crippen molar-refractivity contribution in [1.82, 2.24) is 9.80 Å². The average Bonchev–Trinajstić information content (AvgIpc) is 2.68. The Labute approximate surface area is 168 Å². The standard InChI is InChI=1S/C21H32ClN3O2/c1-17(26)16-24-9-6-18(7-10-24)5-8-23-11-13-25(14-12-23)21-15-19(27-2)3-4-20(21)22/h3-4,15,18H,5-14,16H2,1-2H3. The molecule has 0 saturated carbocycles. The van der Waals surface area contributed by atoms with Gasteiger partial charge in [0.2, 0.25) is 0 Å². The van der Waals surface area contributed by atoms with Crippen molar-refractivity contribution in [2.75, 3.05) is 64.4 Å². The van der Waals surface area contributed by atoms with Crippen molar-refractivity contribution < 1.29 is 9.53 Å². The zero-order chi connectivity index (χ0) is 19.2. The molecule has 2 aliphatic heterocycles. The van der Waals surface area contributed by atoms with Crippen LogP contribution < -0.4 is 9.64 Å². The van der Waals surface area contributed by atoms with E-state index in [9.17, 15) is 4.79 Å². The molecule has 0 unspecified atom stereocenters. The smallest absolute Gasteiger partial charge is 0.143 e. The number of hydrogen-bond acceptors (Lipinski definition) is 5. The van der Waals surface area contributed by atoms with E-state index in [1.807, 2.05) is 18.2 Å². The van der Waals surface area contributed by atoms with Gasteiger partial charge in [0, 0.05) is 32.2 Å². The molecular weight excluding hydrogens is 362 g/mol. The lowest BCUT2D eigenvalue weighted by molar-refractivity contribution is -0.118. The minimum absolute atomic E-state index is 0.280. The Morgan fingerprint density at radius 2 is 1.81 bits per heavy atom. The summed E-state index contributed by atoms with van der Waals surface area (Å²) < 4.78 is 5.34. The first kappa shape index (κ1) is 20.4. The van der Waals surface area contributed by atoms with E-state index in [1.54, 1.807) is 14.0 Å². The molecule has 0 amide bonds. The molecule has 5 nitrogen and oxygen atoms in total. The molecule has 0 aromatic heterocycles. The molecule has 0 aliphatic carbocycles. The Morgan fingerprint density at radius 3 is 2.44 bits per heavy atom. The molecule has 6 heteroatoms. The molecule has 0 spiro atoms. The lowest BCUT2D eigenvalue weighted by Crippen LogP contribution is -2.47. The van der Waals surface area contributed by atoms with E-state index in [0.29, 0.717) is 6.54 Å². The van der Waals surface area contributed by atoms with Crippen molar-refractivity contribution in [3.05, 3.63) is 23.2 Å². The SMILES string of the molecule is COc1ccc(Cl)c(N2CCN(CCC3CCN(CC(C)=O)CC3)CC2)c1. The van der Waals surface area contributed by atoms with Crippen LogP contribution in [0.3, 0.4) is 0 Å². The van der Waals surface area contributed by atoms with Gasteiger partial charge in [-0.25, -0.2) is 0 Å². The minimum atomic E-state index is 0.280. The summed E-state index contributed by atoms with van der Waals surface area (Å²) in [6, 6.07) is 5.86. The summed E-state index contributed by atoms with van der Waals surface area (Å²) in [5, 5.41) is 0.793. The minimum Gasteiger partial charge on any atom is -0.497 e. The number of hydrogen-bond donors (Lipinski definition) is 0. The van der Waals surface area contributed by atoms with Crippen LogP contribution in [0.1, 0.15) is 26.2 Å². The number of likely N-dealkylation sites (tertiary alicyclic amines) is 1. The molecule has 150 valence electrons. The quantitative estimate of drug-likeness (QED) is 0.711. The highest BCUT2D eigenvalue weighted by molar-refractivity contribution is 6.33. The Kier molecular flexibility index (Phi) is 7.39. The molecule has 3 rings (SSSR count). The fourth-order valence-corrected chi connectivity index (χ4v) is 4.42. The van der Waals surface area contributed by atoms with Gasteiger partial charge in [0.25, 0.3) is 0 Å². The third kappa shape index (κ3) is 5.84. The second-order valence-corrected chi connectivity index (χ2v) is 8.26. The zero-order valence-corrected chi connectivity index (χ0v) is 17.4. The Morgan fingerprint density at radius 1 is 1.11 bits per heavy atom. The maximum absolute atomic E-state index is 11.2. The number of carbonyl (C=O) groups excluding carboxylic acids is 1. The number of ether oxygens (including phenoxy) is 1. The van der Waals surface area contributed by atoms with Gasteiger partial charge >= 0.3 is 0 Å². The van der Waals surface area contributed by atoms with Crippen LogP contribution in [0.15, 0.2) is 18.2 Å². The van der Waals surface area contributed by atoms with Crippen molar-refractivity contribution in [3.8, 4) is 5.75 Å². The molecule has 0 radical (unpaired) electrons. The summed E-state index contributed by atoms with van der Waals surface area (Å²) in [6.07, 6.45) is 3.73. The largest absolute Gasteiger partial charge is 0.497 e. The van der Waals surface area contributed by atoms with Gasteiger partial charge in [-0.05, 0) is 63.9 Å². The number of ketones is 1. The number of nitrogens with zero attached hydrogens (tertiary/aromatic N) is 3. The molecule has 2 heterocycles. The topological polar surface area (TPSA) is 36.0 Å². The molecule has 27 heavy (non-hydrogen) atoms. The normalized spacial score (nSPS) is 20.0. The maximum Gasteiger partial charge on any atom is 0.143 e. The lowest BCUT2D eigenvalue weighted by Gasteiger charge is -2.38. The Hall–Kier alpha value is -1.30. The van der Waals surface area contributed by atoms with Crippen molar-refractivity contribution in [1.29, 1.82) is 0 Å². The summed E-state index contributed by atoms with van der Waals surface area (Å²) in [5.41, 5.74) is 1.08. The number of benzene rings is 1. The van der Waals surface area contributed by atoms with Crippen molar-refractivity contribution in [2.24, 2.45) is 5.92 Å². The summed E-state index contributed by atoms with van der Waals surface area (Å²) in [7, 11) is 1.69. The average molecular weight is 394 g/mol. The van der Waals surface area contributed by atoms with Gasteiger partial charge in [-0.2, -0.15) is 0 Å². The van der Waals surface area contributed by atoms with Crippen LogP contribution >= 0.6 is 11.6 Å². The lowest BCUT2D eigenvalue weighted by atomic mass is 9.93. The number of piperazine rings is 1. The maximum atomic E-state index is 11.2. The van der Waals surface area contributed by atoms with Crippen molar-refractivity contribution in [2.45, 2.75) is 26.2 Å². The van der Waals surface area contributed by atoms with Gasteiger partial charge in [-0.15, -0.1) is 0 Å². The Balaban J connectivity index is 1.40. The fraction of sp³-hybridized carbons (Fsp3) is 0.667. The van der Waals surface area contributed by atoms with E-state index in [2.05, 4.69) is 14.7 Å².